The van der Waals surface area contributed by atoms with Crippen LogP contribution in [0.4, 0.5) is 11.6 Å². The Labute approximate surface area is 193 Å². The average Bonchev–Trinajstić information content (AvgIpc) is 2.99. The van der Waals surface area contributed by atoms with Gasteiger partial charge in [-0.05, 0) is 43.7 Å². The van der Waals surface area contributed by atoms with Crippen LogP contribution in [-0.2, 0) is 25.0 Å². The van der Waals surface area contributed by atoms with E-state index in [1.54, 1.807) is 61.3 Å². The molecule has 0 N–H and O–H groups in total. The minimum absolute atomic E-state index is 0.0683. The number of benzene rings is 1. The molecule has 3 heterocycles. The summed E-state index contributed by atoms with van der Waals surface area (Å²) < 4.78 is 27.5. The van der Waals surface area contributed by atoms with Gasteiger partial charge < -0.3 is 14.7 Å². The van der Waals surface area contributed by atoms with Crippen LogP contribution in [0.3, 0.4) is 0 Å². The number of aromatic nitrogens is 2. The Morgan fingerprint density at radius 1 is 1.12 bits per heavy atom. The molecule has 2 aliphatic heterocycles. The van der Waals surface area contributed by atoms with Crippen LogP contribution in [0.2, 0.25) is 0 Å². The highest BCUT2D eigenvalue weighted by molar-refractivity contribution is 7.89. The largest absolute Gasteiger partial charge is 0.338 e. The first-order chi connectivity index (χ1) is 15.5. The summed E-state index contributed by atoms with van der Waals surface area (Å²) in [6.45, 7) is 5.38. The number of hydrogen-bond acceptors (Lipinski definition) is 7. The quantitative estimate of drug-likeness (QED) is 0.630. The molecule has 176 valence electrons. The second-order valence-corrected chi connectivity index (χ2v) is 10.9. The van der Waals surface area contributed by atoms with Gasteiger partial charge in [0, 0.05) is 58.4 Å². The van der Waals surface area contributed by atoms with Gasteiger partial charge in [0.25, 0.3) is 0 Å². The van der Waals surface area contributed by atoms with Gasteiger partial charge in [0.2, 0.25) is 27.8 Å². The fraction of sp³-hybridized carbons (Fsp3) is 0.455. The predicted molar refractivity (Wildman–Crippen MR) is 124 cm³/mol. The highest BCUT2D eigenvalue weighted by atomic mass is 32.2. The SMILES string of the molecule is CN1C(=O)C(C)(C)c2cc(S(=O)(=O)N(C)CC(=O)N3CCN(c4ncccn4)CC3)ccc21. The second kappa shape index (κ2) is 8.38. The van der Waals surface area contributed by atoms with Crippen molar-refractivity contribution in [2.75, 3.05) is 56.6 Å². The second-order valence-electron chi connectivity index (χ2n) is 8.85. The first-order valence-corrected chi connectivity index (χ1v) is 12.2. The summed E-state index contributed by atoms with van der Waals surface area (Å²) in [4.78, 5) is 39.1. The van der Waals surface area contributed by atoms with Gasteiger partial charge in [-0.2, -0.15) is 4.31 Å². The summed E-state index contributed by atoms with van der Waals surface area (Å²) in [5.41, 5.74) is 0.546. The number of piperazine rings is 1. The molecule has 1 aromatic heterocycles. The molecule has 2 aromatic rings. The number of anilines is 2. The lowest BCUT2D eigenvalue weighted by atomic mass is 9.86. The summed E-state index contributed by atoms with van der Waals surface area (Å²) >= 11 is 0. The Kier molecular flexibility index (Phi) is 5.87. The minimum Gasteiger partial charge on any atom is -0.338 e. The first kappa shape index (κ1) is 23.1. The van der Waals surface area contributed by atoms with Crippen molar-refractivity contribution in [1.29, 1.82) is 0 Å². The summed E-state index contributed by atoms with van der Waals surface area (Å²) in [6, 6.07) is 6.43. The van der Waals surface area contributed by atoms with Crippen molar-refractivity contribution in [3.05, 3.63) is 42.2 Å². The van der Waals surface area contributed by atoms with Gasteiger partial charge in [0.15, 0.2) is 0 Å². The third kappa shape index (κ3) is 4.06. The third-order valence-corrected chi connectivity index (χ3v) is 8.17. The zero-order valence-corrected chi connectivity index (χ0v) is 20.0. The van der Waals surface area contributed by atoms with Crippen molar-refractivity contribution in [3.63, 3.8) is 0 Å². The predicted octanol–water partition coefficient (Wildman–Crippen LogP) is 0.700. The number of nitrogens with zero attached hydrogens (tertiary/aromatic N) is 6. The Bertz CT molecular complexity index is 1180. The summed E-state index contributed by atoms with van der Waals surface area (Å²) in [7, 11) is -0.829. The average molecular weight is 473 g/mol. The molecular weight excluding hydrogens is 444 g/mol. The number of amides is 2. The molecule has 0 saturated carbocycles. The summed E-state index contributed by atoms with van der Waals surface area (Å²) in [5, 5.41) is 0. The minimum atomic E-state index is -3.91. The normalized spacial score (nSPS) is 18.1. The van der Waals surface area contributed by atoms with Crippen molar-refractivity contribution in [1.82, 2.24) is 19.2 Å². The van der Waals surface area contributed by atoms with E-state index in [9.17, 15) is 18.0 Å². The number of carbonyl (C=O) groups excluding carboxylic acids is 2. The van der Waals surface area contributed by atoms with Gasteiger partial charge in [-0.3, -0.25) is 9.59 Å². The molecule has 1 saturated heterocycles. The van der Waals surface area contributed by atoms with E-state index in [-0.39, 0.29) is 23.3 Å². The lowest BCUT2D eigenvalue weighted by molar-refractivity contribution is -0.131. The van der Waals surface area contributed by atoms with E-state index in [0.717, 1.165) is 4.31 Å². The maximum absolute atomic E-state index is 13.2. The first-order valence-electron chi connectivity index (χ1n) is 10.7. The van der Waals surface area contributed by atoms with Gasteiger partial charge in [-0.25, -0.2) is 18.4 Å². The molecule has 0 spiro atoms. The summed E-state index contributed by atoms with van der Waals surface area (Å²) in [5.74, 6) is 0.273. The van der Waals surface area contributed by atoms with Crippen molar-refractivity contribution in [2.45, 2.75) is 24.2 Å². The fourth-order valence-corrected chi connectivity index (χ4v) is 5.43. The number of fused-ring (bicyclic) bond motifs is 1. The van der Waals surface area contributed by atoms with Gasteiger partial charge >= 0.3 is 0 Å². The molecule has 11 heteroatoms. The monoisotopic (exact) mass is 472 g/mol. The lowest BCUT2D eigenvalue weighted by Gasteiger charge is -2.35. The molecule has 0 radical (unpaired) electrons. The fourth-order valence-electron chi connectivity index (χ4n) is 4.28. The zero-order chi connectivity index (χ0) is 24.0. The molecule has 4 rings (SSSR count). The van der Waals surface area contributed by atoms with E-state index in [2.05, 4.69) is 9.97 Å². The van der Waals surface area contributed by atoms with Crippen LogP contribution >= 0.6 is 0 Å². The van der Waals surface area contributed by atoms with Gasteiger partial charge in [-0.1, -0.05) is 0 Å². The molecule has 2 aliphatic rings. The van der Waals surface area contributed by atoms with Crippen LogP contribution in [0.5, 0.6) is 0 Å². The van der Waals surface area contributed by atoms with Crippen molar-refractivity contribution >= 4 is 33.5 Å². The van der Waals surface area contributed by atoms with Crippen LogP contribution < -0.4 is 9.80 Å². The molecular formula is C22H28N6O4S. The molecule has 10 nitrogen and oxygen atoms in total. The Hall–Kier alpha value is -3.05. The van der Waals surface area contributed by atoms with E-state index in [0.29, 0.717) is 43.4 Å². The van der Waals surface area contributed by atoms with Crippen LogP contribution in [0.15, 0.2) is 41.6 Å². The van der Waals surface area contributed by atoms with Gasteiger partial charge in [0.1, 0.15) is 0 Å². The van der Waals surface area contributed by atoms with Crippen molar-refractivity contribution in [3.8, 4) is 0 Å². The lowest BCUT2D eigenvalue weighted by Crippen LogP contribution is -2.51. The number of sulfonamides is 1. The number of hydrogen-bond donors (Lipinski definition) is 0. The molecule has 2 amide bonds. The molecule has 1 fully saturated rings. The molecule has 33 heavy (non-hydrogen) atoms. The van der Waals surface area contributed by atoms with Crippen molar-refractivity contribution < 1.29 is 18.0 Å². The Balaban J connectivity index is 1.43. The standard InChI is InChI=1S/C22H28N6O4S/c1-22(2)17-14-16(6-7-18(17)26(4)20(22)30)33(31,32)25(3)15-19(29)27-10-12-28(13-11-27)21-23-8-5-9-24-21/h5-9,14H,10-13,15H2,1-4H3. The van der Waals surface area contributed by atoms with E-state index >= 15 is 0 Å². The maximum atomic E-state index is 13.2. The molecule has 0 aliphatic carbocycles. The highest BCUT2D eigenvalue weighted by Crippen LogP contribution is 2.41. The van der Waals surface area contributed by atoms with Gasteiger partial charge in [0.05, 0.1) is 16.9 Å². The molecule has 0 bridgehead atoms. The van der Waals surface area contributed by atoms with Crippen LogP contribution in [0.1, 0.15) is 19.4 Å². The number of rotatable bonds is 5. The smallest absolute Gasteiger partial charge is 0.243 e. The molecule has 1 aromatic carbocycles. The topological polar surface area (TPSA) is 107 Å². The maximum Gasteiger partial charge on any atom is 0.243 e. The Morgan fingerprint density at radius 2 is 1.76 bits per heavy atom. The van der Waals surface area contributed by atoms with Crippen molar-refractivity contribution in [2.24, 2.45) is 0 Å². The van der Waals surface area contributed by atoms with E-state index < -0.39 is 15.4 Å². The number of likely N-dealkylation sites (N-methyl/N-ethyl adjacent to an activating group) is 2. The van der Waals surface area contributed by atoms with Crippen LogP contribution in [0, 0.1) is 0 Å². The van der Waals surface area contributed by atoms with E-state index in [1.807, 2.05) is 4.90 Å². The van der Waals surface area contributed by atoms with Crippen LogP contribution in [0.25, 0.3) is 0 Å². The summed E-state index contributed by atoms with van der Waals surface area (Å²) in [6.07, 6.45) is 3.35. The van der Waals surface area contributed by atoms with E-state index in [4.69, 9.17) is 0 Å². The molecule has 0 unspecified atom stereocenters. The van der Waals surface area contributed by atoms with Crippen LogP contribution in [-0.4, -0.2) is 86.2 Å². The highest BCUT2D eigenvalue weighted by Gasteiger charge is 2.43. The number of carbonyl (C=O) groups is 2. The zero-order valence-electron chi connectivity index (χ0n) is 19.2. The van der Waals surface area contributed by atoms with Gasteiger partial charge in [-0.15, -0.1) is 0 Å². The third-order valence-electron chi connectivity index (χ3n) is 6.38. The molecule has 0 atom stereocenters. The Morgan fingerprint density at radius 3 is 2.39 bits per heavy atom. The van der Waals surface area contributed by atoms with E-state index in [1.165, 1.54) is 13.1 Å².